The molecule has 4 aromatic rings. The maximum atomic E-state index is 12.9. The topological polar surface area (TPSA) is 63.3 Å². The van der Waals surface area contributed by atoms with E-state index in [4.69, 9.17) is 4.42 Å². The Hall–Kier alpha value is -3.14. The molecule has 0 radical (unpaired) electrons. The van der Waals surface area contributed by atoms with E-state index in [0.29, 0.717) is 11.0 Å². The molecular formula is C20H17NO3. The highest BCUT2D eigenvalue weighted by Gasteiger charge is 2.15. The molecule has 120 valence electrons. The van der Waals surface area contributed by atoms with Crippen molar-refractivity contribution >= 4 is 21.7 Å². The van der Waals surface area contributed by atoms with E-state index in [9.17, 15) is 9.90 Å². The number of benzene rings is 2. The van der Waals surface area contributed by atoms with Crippen LogP contribution in [0.25, 0.3) is 33.0 Å². The summed E-state index contributed by atoms with van der Waals surface area (Å²) in [5.41, 5.74) is 0.794. The second-order valence-corrected chi connectivity index (χ2v) is 5.01. The minimum atomic E-state index is -0.202. The van der Waals surface area contributed by atoms with Crippen molar-refractivity contribution in [2.24, 2.45) is 0 Å². The van der Waals surface area contributed by atoms with E-state index in [1.165, 1.54) is 18.5 Å². The smallest absolute Gasteiger partial charge is 0.202 e. The van der Waals surface area contributed by atoms with Gasteiger partial charge in [0.15, 0.2) is 0 Å². The van der Waals surface area contributed by atoms with Crippen molar-refractivity contribution in [3.05, 3.63) is 71.2 Å². The molecule has 0 unspecified atom stereocenters. The Balaban J connectivity index is 0.000000815. The highest BCUT2D eigenvalue weighted by Crippen LogP contribution is 2.28. The van der Waals surface area contributed by atoms with Crippen LogP contribution < -0.4 is 5.43 Å². The molecule has 0 spiro atoms. The van der Waals surface area contributed by atoms with E-state index in [-0.39, 0.29) is 22.4 Å². The van der Waals surface area contributed by atoms with Gasteiger partial charge in [0.25, 0.3) is 0 Å². The second kappa shape index (κ2) is 6.54. The summed E-state index contributed by atoms with van der Waals surface area (Å²) < 4.78 is 5.59. The number of pyridine rings is 1. The number of aromatic nitrogens is 1. The molecule has 0 fully saturated rings. The molecular weight excluding hydrogens is 302 g/mol. The first-order valence-corrected chi connectivity index (χ1v) is 7.83. The monoisotopic (exact) mass is 319 g/mol. The standard InChI is InChI=1S/C18H11NO3.C2H6/c20-14-6-3-9-19-17(14)13-10-22-15-8-7-11-4-1-2-5-12(11)16(15)18(13)21;1-2/h1-10,20H;1-2H3. The number of fused-ring (bicyclic) bond motifs is 3. The summed E-state index contributed by atoms with van der Waals surface area (Å²) in [5.74, 6) is -0.0469. The van der Waals surface area contributed by atoms with Crippen molar-refractivity contribution in [3.63, 3.8) is 0 Å². The lowest BCUT2D eigenvalue weighted by Crippen LogP contribution is -2.06. The van der Waals surface area contributed by atoms with E-state index in [1.807, 2.05) is 44.2 Å². The van der Waals surface area contributed by atoms with Crippen LogP contribution in [0, 0.1) is 0 Å². The first-order valence-electron chi connectivity index (χ1n) is 7.83. The third-order valence-corrected chi connectivity index (χ3v) is 3.71. The Morgan fingerprint density at radius 3 is 2.58 bits per heavy atom. The van der Waals surface area contributed by atoms with Gasteiger partial charge in [-0.05, 0) is 29.0 Å². The fraction of sp³-hybridized carbons (Fsp3) is 0.100. The number of rotatable bonds is 1. The highest BCUT2D eigenvalue weighted by molar-refractivity contribution is 6.06. The van der Waals surface area contributed by atoms with E-state index in [2.05, 4.69) is 4.98 Å². The first kappa shape index (κ1) is 15.7. The summed E-state index contributed by atoms with van der Waals surface area (Å²) >= 11 is 0. The second-order valence-electron chi connectivity index (χ2n) is 5.01. The lowest BCUT2D eigenvalue weighted by molar-refractivity contribution is 0.474. The molecule has 0 amide bonds. The fourth-order valence-electron chi connectivity index (χ4n) is 2.66. The molecule has 1 N–H and O–H groups in total. The molecule has 24 heavy (non-hydrogen) atoms. The first-order chi connectivity index (χ1) is 11.8. The van der Waals surface area contributed by atoms with Crippen molar-refractivity contribution in [2.45, 2.75) is 13.8 Å². The summed E-state index contributed by atoms with van der Waals surface area (Å²) in [6.07, 6.45) is 2.88. The summed E-state index contributed by atoms with van der Waals surface area (Å²) in [6, 6.07) is 14.4. The van der Waals surface area contributed by atoms with Crippen molar-refractivity contribution in [1.29, 1.82) is 0 Å². The number of hydrogen-bond acceptors (Lipinski definition) is 4. The Bertz CT molecular complexity index is 1070. The Morgan fingerprint density at radius 1 is 1.00 bits per heavy atom. The lowest BCUT2D eigenvalue weighted by atomic mass is 10.0. The van der Waals surface area contributed by atoms with Gasteiger partial charge in [0.2, 0.25) is 5.43 Å². The van der Waals surface area contributed by atoms with E-state index in [1.54, 1.807) is 12.1 Å². The molecule has 0 aliphatic rings. The van der Waals surface area contributed by atoms with E-state index < -0.39 is 0 Å². The van der Waals surface area contributed by atoms with Crippen molar-refractivity contribution in [2.75, 3.05) is 0 Å². The molecule has 4 heteroatoms. The molecule has 4 nitrogen and oxygen atoms in total. The van der Waals surface area contributed by atoms with Crippen molar-refractivity contribution in [1.82, 2.24) is 4.98 Å². The van der Waals surface area contributed by atoms with Crippen LogP contribution in [-0.4, -0.2) is 10.1 Å². The maximum Gasteiger partial charge on any atom is 0.202 e. The van der Waals surface area contributed by atoms with Gasteiger partial charge in [-0.1, -0.05) is 44.2 Å². The maximum absolute atomic E-state index is 12.9. The van der Waals surface area contributed by atoms with Gasteiger partial charge in [0.1, 0.15) is 23.3 Å². The van der Waals surface area contributed by atoms with Crippen LogP contribution in [0.3, 0.4) is 0 Å². The van der Waals surface area contributed by atoms with E-state index in [0.717, 1.165) is 10.8 Å². The lowest BCUT2D eigenvalue weighted by Gasteiger charge is -2.06. The third-order valence-electron chi connectivity index (χ3n) is 3.71. The third kappa shape index (κ3) is 2.52. The summed E-state index contributed by atoms with van der Waals surface area (Å²) in [7, 11) is 0. The van der Waals surface area contributed by atoms with Crippen LogP contribution in [0.5, 0.6) is 5.75 Å². The zero-order chi connectivity index (χ0) is 17.1. The van der Waals surface area contributed by atoms with Gasteiger partial charge in [0, 0.05) is 6.20 Å². The highest BCUT2D eigenvalue weighted by atomic mass is 16.3. The molecule has 2 heterocycles. The quantitative estimate of drug-likeness (QED) is 0.515. The SMILES string of the molecule is CC.O=c1c(-c2ncccc2O)coc2ccc3ccccc3c12. The van der Waals surface area contributed by atoms with Gasteiger partial charge >= 0.3 is 0 Å². The van der Waals surface area contributed by atoms with Crippen LogP contribution in [-0.2, 0) is 0 Å². The van der Waals surface area contributed by atoms with Gasteiger partial charge in [-0.25, -0.2) is 0 Å². The van der Waals surface area contributed by atoms with Crippen LogP contribution in [0.15, 0.2) is 70.2 Å². The summed E-state index contributed by atoms with van der Waals surface area (Å²) in [5, 5.41) is 12.2. The van der Waals surface area contributed by atoms with Gasteiger partial charge in [-0.3, -0.25) is 9.78 Å². The normalized spacial score (nSPS) is 10.4. The predicted octanol–water partition coefficient (Wildman–Crippen LogP) is 4.74. The Morgan fingerprint density at radius 2 is 1.79 bits per heavy atom. The van der Waals surface area contributed by atoms with Crippen LogP contribution in [0.4, 0.5) is 0 Å². The molecule has 0 saturated carbocycles. The molecule has 2 aromatic heterocycles. The van der Waals surface area contributed by atoms with Crippen LogP contribution >= 0.6 is 0 Å². The number of nitrogens with zero attached hydrogens (tertiary/aromatic N) is 1. The Kier molecular flexibility index (Phi) is 4.29. The fourth-order valence-corrected chi connectivity index (χ4v) is 2.66. The minimum Gasteiger partial charge on any atom is -0.506 e. The average Bonchev–Trinajstić information content (AvgIpc) is 2.64. The number of hydrogen-bond donors (Lipinski definition) is 1. The molecule has 2 aromatic carbocycles. The van der Waals surface area contributed by atoms with Gasteiger partial charge in [-0.15, -0.1) is 0 Å². The van der Waals surface area contributed by atoms with Gasteiger partial charge in [0.05, 0.1) is 10.9 Å². The van der Waals surface area contributed by atoms with Crippen LogP contribution in [0.2, 0.25) is 0 Å². The predicted molar refractivity (Wildman–Crippen MR) is 96.2 cm³/mol. The van der Waals surface area contributed by atoms with E-state index >= 15 is 0 Å². The summed E-state index contributed by atoms with van der Waals surface area (Å²) in [6.45, 7) is 4.00. The van der Waals surface area contributed by atoms with Crippen LogP contribution in [0.1, 0.15) is 13.8 Å². The Labute approximate surface area is 139 Å². The summed E-state index contributed by atoms with van der Waals surface area (Å²) in [4.78, 5) is 17.0. The molecule has 0 aliphatic carbocycles. The zero-order valence-electron chi connectivity index (χ0n) is 13.5. The zero-order valence-corrected chi connectivity index (χ0v) is 13.5. The number of aromatic hydroxyl groups is 1. The average molecular weight is 319 g/mol. The molecule has 0 saturated heterocycles. The van der Waals surface area contributed by atoms with Gasteiger partial charge < -0.3 is 9.52 Å². The van der Waals surface area contributed by atoms with Crippen molar-refractivity contribution in [3.8, 4) is 17.0 Å². The van der Waals surface area contributed by atoms with Crippen molar-refractivity contribution < 1.29 is 9.52 Å². The minimum absolute atomic E-state index is 0.0469. The van der Waals surface area contributed by atoms with Gasteiger partial charge in [-0.2, -0.15) is 0 Å². The molecule has 0 aliphatic heterocycles. The molecule has 4 rings (SSSR count). The largest absolute Gasteiger partial charge is 0.506 e. The molecule has 0 atom stereocenters. The molecule has 0 bridgehead atoms.